The van der Waals surface area contributed by atoms with Gasteiger partial charge >= 0.3 is 6.18 Å². The fraction of sp³-hybridized carbons (Fsp3) is 0.593. The monoisotopic (exact) mass is 534 g/mol. The lowest BCUT2D eigenvalue weighted by Gasteiger charge is -2.39. The Kier molecular flexibility index (Phi) is 7.59. The Balaban J connectivity index is 1.34. The minimum Gasteiger partial charge on any atom is -0.353 e. The Morgan fingerprint density at radius 3 is 2.42 bits per heavy atom. The van der Waals surface area contributed by atoms with Crippen LogP contribution < -0.4 is 4.90 Å². The fourth-order valence-electron chi connectivity index (χ4n) is 5.83. The van der Waals surface area contributed by atoms with Crippen LogP contribution in [0.4, 0.5) is 23.4 Å². The maximum Gasteiger partial charge on any atom is 0.419 e. The largest absolute Gasteiger partial charge is 0.419 e. The normalized spacial score (nSPS) is 22.0. The van der Waals surface area contributed by atoms with E-state index in [1.165, 1.54) is 11.6 Å². The molecule has 5 rings (SSSR count). The van der Waals surface area contributed by atoms with Gasteiger partial charge in [-0.2, -0.15) is 13.2 Å². The molecule has 1 aromatic carbocycles. The molecule has 0 saturated carbocycles. The number of alkyl halides is 3. The zero-order valence-corrected chi connectivity index (χ0v) is 21.8. The molecular weight excluding hydrogens is 500 g/mol. The number of carbonyl (C=O) groups excluding carboxylic acids is 1. The lowest BCUT2D eigenvalue weighted by molar-refractivity contribution is -0.140. The van der Waals surface area contributed by atoms with E-state index in [1.807, 2.05) is 7.05 Å². The molecule has 2 saturated heterocycles. The predicted octanol–water partition coefficient (Wildman–Crippen LogP) is 3.36. The van der Waals surface area contributed by atoms with Gasteiger partial charge in [-0.15, -0.1) is 0 Å². The summed E-state index contributed by atoms with van der Waals surface area (Å²) < 4.78 is 54.1. The van der Waals surface area contributed by atoms with Crippen LogP contribution >= 0.6 is 0 Å². The molecule has 2 fully saturated rings. The molecule has 1 aliphatic carbocycles. The predicted molar refractivity (Wildman–Crippen MR) is 136 cm³/mol. The number of likely N-dealkylation sites (N-methyl/N-ethyl adjacent to an activating group) is 1. The van der Waals surface area contributed by atoms with E-state index in [4.69, 9.17) is 0 Å². The van der Waals surface area contributed by atoms with Gasteiger partial charge in [0.05, 0.1) is 11.5 Å². The first kappa shape index (κ1) is 26.8. The molecule has 0 radical (unpaired) electrons. The fourth-order valence-corrected chi connectivity index (χ4v) is 5.83. The molecule has 0 bridgehead atoms. The maximum absolute atomic E-state index is 14.5. The highest BCUT2D eigenvalue weighted by molar-refractivity contribution is 5.84. The molecule has 0 spiro atoms. The van der Waals surface area contributed by atoms with Gasteiger partial charge in [-0.25, -0.2) is 14.4 Å². The first-order valence-electron chi connectivity index (χ1n) is 13.3. The second-order valence-electron chi connectivity index (χ2n) is 10.7. The SMILES string of the molecule is CC1CCc2ncnc(N3CCN(C(=O)C(CN4CCN(C)CC4)c4ccc(C(F)(F)F)c(F)c4)CC3)c21. The number of carbonyl (C=O) groups is 1. The van der Waals surface area contributed by atoms with E-state index < -0.39 is 23.5 Å². The van der Waals surface area contributed by atoms with Gasteiger partial charge in [0.25, 0.3) is 0 Å². The van der Waals surface area contributed by atoms with Crippen LogP contribution in [-0.2, 0) is 17.4 Å². The van der Waals surface area contributed by atoms with E-state index in [1.54, 1.807) is 11.2 Å². The molecule has 2 aromatic rings. The number of piperazine rings is 2. The minimum atomic E-state index is -4.78. The Hall–Kier alpha value is -2.79. The Morgan fingerprint density at radius 2 is 1.76 bits per heavy atom. The van der Waals surface area contributed by atoms with Crippen LogP contribution in [0.1, 0.15) is 47.6 Å². The van der Waals surface area contributed by atoms with Gasteiger partial charge in [0.15, 0.2) is 0 Å². The number of hydrogen-bond donors (Lipinski definition) is 0. The molecule has 3 heterocycles. The molecule has 3 aliphatic rings. The quantitative estimate of drug-likeness (QED) is 0.549. The van der Waals surface area contributed by atoms with Crippen LogP contribution in [0, 0.1) is 5.82 Å². The summed E-state index contributed by atoms with van der Waals surface area (Å²) in [7, 11) is 2.03. The molecule has 11 heteroatoms. The summed E-state index contributed by atoms with van der Waals surface area (Å²) in [4.78, 5) is 31.1. The van der Waals surface area contributed by atoms with Crippen molar-refractivity contribution in [3.63, 3.8) is 0 Å². The number of aromatic nitrogens is 2. The molecule has 7 nitrogen and oxygen atoms in total. The number of halogens is 4. The summed E-state index contributed by atoms with van der Waals surface area (Å²) in [5, 5.41) is 0. The van der Waals surface area contributed by atoms with Crippen LogP contribution in [0.5, 0.6) is 0 Å². The van der Waals surface area contributed by atoms with Crippen molar-refractivity contribution in [2.75, 3.05) is 70.9 Å². The third kappa shape index (κ3) is 5.49. The number of benzene rings is 1. The molecule has 2 atom stereocenters. The number of nitrogens with zero attached hydrogens (tertiary/aromatic N) is 6. The van der Waals surface area contributed by atoms with Gasteiger partial charge in [-0.05, 0) is 43.5 Å². The van der Waals surface area contributed by atoms with Gasteiger partial charge in [-0.3, -0.25) is 9.69 Å². The zero-order chi connectivity index (χ0) is 27.0. The van der Waals surface area contributed by atoms with Crippen LogP contribution in [0.2, 0.25) is 0 Å². The van der Waals surface area contributed by atoms with Crippen molar-refractivity contribution in [2.24, 2.45) is 0 Å². The number of anilines is 1. The number of fused-ring (bicyclic) bond motifs is 1. The molecule has 2 unspecified atom stereocenters. The molecule has 206 valence electrons. The molecular formula is C27H34F4N6O. The Morgan fingerprint density at radius 1 is 1.05 bits per heavy atom. The third-order valence-corrected chi connectivity index (χ3v) is 8.18. The standard InChI is InChI=1S/C27H34F4N6O/c1-18-3-6-23-24(18)25(33-17-32-23)36-11-13-37(14-12-36)26(38)20(16-35-9-7-34(2)8-10-35)19-4-5-21(22(28)15-19)27(29,30)31/h4-5,15,17-18,20H,3,6-14,16H2,1-2H3. The number of hydrogen-bond acceptors (Lipinski definition) is 6. The minimum absolute atomic E-state index is 0.177. The van der Waals surface area contributed by atoms with Crippen LogP contribution in [0.25, 0.3) is 0 Å². The summed E-state index contributed by atoms with van der Waals surface area (Å²) in [6, 6.07) is 2.90. The summed E-state index contributed by atoms with van der Waals surface area (Å²) in [6.07, 6.45) is -1.18. The Bertz CT molecular complexity index is 1160. The van der Waals surface area contributed by atoms with Gasteiger partial charge < -0.3 is 14.7 Å². The third-order valence-electron chi connectivity index (χ3n) is 8.18. The van der Waals surface area contributed by atoms with Gasteiger partial charge in [0.2, 0.25) is 5.91 Å². The van der Waals surface area contributed by atoms with E-state index in [0.717, 1.165) is 62.7 Å². The highest BCUT2D eigenvalue weighted by Gasteiger charge is 2.37. The first-order chi connectivity index (χ1) is 18.1. The highest BCUT2D eigenvalue weighted by atomic mass is 19.4. The maximum atomic E-state index is 14.5. The van der Waals surface area contributed by atoms with Crippen molar-refractivity contribution in [3.05, 3.63) is 52.7 Å². The molecule has 1 aromatic heterocycles. The summed E-state index contributed by atoms with van der Waals surface area (Å²) in [6.45, 7) is 7.82. The van der Waals surface area contributed by atoms with Crippen molar-refractivity contribution >= 4 is 11.7 Å². The van der Waals surface area contributed by atoms with E-state index in [2.05, 4.69) is 31.6 Å². The van der Waals surface area contributed by atoms with Crippen molar-refractivity contribution in [3.8, 4) is 0 Å². The van der Waals surface area contributed by atoms with E-state index in [9.17, 15) is 22.4 Å². The smallest absolute Gasteiger partial charge is 0.353 e. The van der Waals surface area contributed by atoms with Crippen molar-refractivity contribution < 1.29 is 22.4 Å². The van der Waals surface area contributed by atoms with E-state index >= 15 is 0 Å². The van der Waals surface area contributed by atoms with Gasteiger partial charge in [0, 0.05) is 70.2 Å². The van der Waals surface area contributed by atoms with Gasteiger partial charge in [0.1, 0.15) is 18.0 Å². The van der Waals surface area contributed by atoms with Crippen molar-refractivity contribution in [1.82, 2.24) is 24.7 Å². The van der Waals surface area contributed by atoms with Crippen molar-refractivity contribution in [2.45, 2.75) is 37.8 Å². The van der Waals surface area contributed by atoms with Crippen molar-refractivity contribution in [1.29, 1.82) is 0 Å². The number of aryl methyl sites for hydroxylation is 1. The van der Waals surface area contributed by atoms with Crippen LogP contribution in [0.15, 0.2) is 24.5 Å². The molecule has 38 heavy (non-hydrogen) atoms. The molecule has 1 amide bonds. The van der Waals surface area contributed by atoms with E-state index in [0.29, 0.717) is 38.6 Å². The summed E-state index contributed by atoms with van der Waals surface area (Å²) in [5.41, 5.74) is 1.26. The summed E-state index contributed by atoms with van der Waals surface area (Å²) in [5.74, 6) is -0.939. The number of amides is 1. The average molecular weight is 535 g/mol. The first-order valence-corrected chi connectivity index (χ1v) is 13.3. The van der Waals surface area contributed by atoms with Crippen LogP contribution in [0.3, 0.4) is 0 Å². The van der Waals surface area contributed by atoms with E-state index in [-0.39, 0.29) is 11.5 Å². The van der Waals surface area contributed by atoms with Crippen LogP contribution in [-0.4, -0.2) is 96.5 Å². The topological polar surface area (TPSA) is 55.8 Å². The second-order valence-corrected chi connectivity index (χ2v) is 10.7. The van der Waals surface area contributed by atoms with Gasteiger partial charge in [-0.1, -0.05) is 13.0 Å². The molecule has 2 aliphatic heterocycles. The Labute approximate surface area is 220 Å². The highest BCUT2D eigenvalue weighted by Crippen LogP contribution is 2.37. The lowest BCUT2D eigenvalue weighted by atomic mass is 9.94. The summed E-state index contributed by atoms with van der Waals surface area (Å²) >= 11 is 0. The lowest BCUT2D eigenvalue weighted by Crippen LogP contribution is -2.52. The molecule has 0 N–H and O–H groups in total. The second kappa shape index (κ2) is 10.8. The zero-order valence-electron chi connectivity index (χ0n) is 21.8. The number of rotatable bonds is 5. The average Bonchev–Trinajstić information content (AvgIpc) is 3.28.